The molecule has 0 aliphatic carbocycles. The molecule has 2 nitrogen and oxygen atoms in total. The first kappa shape index (κ1) is 12.8. The number of benzene rings is 1. The Labute approximate surface area is 108 Å². The highest BCUT2D eigenvalue weighted by Crippen LogP contribution is 2.24. The van der Waals surface area contributed by atoms with Gasteiger partial charge < -0.3 is 5.11 Å². The highest BCUT2D eigenvalue weighted by molar-refractivity contribution is 5.38. The molecule has 0 bridgehead atoms. The van der Waals surface area contributed by atoms with E-state index in [0.29, 0.717) is 6.42 Å². The predicted molar refractivity (Wildman–Crippen MR) is 73.6 cm³/mol. The van der Waals surface area contributed by atoms with E-state index in [0.717, 1.165) is 16.7 Å². The zero-order valence-corrected chi connectivity index (χ0v) is 11.1. The molecular formula is C16H19NO. The van der Waals surface area contributed by atoms with Gasteiger partial charge in [-0.1, -0.05) is 18.2 Å². The zero-order valence-electron chi connectivity index (χ0n) is 11.1. The molecule has 2 heteroatoms. The fourth-order valence-electron chi connectivity index (χ4n) is 2.19. The van der Waals surface area contributed by atoms with Crippen molar-refractivity contribution in [2.45, 2.75) is 33.3 Å². The Kier molecular flexibility index (Phi) is 3.78. The van der Waals surface area contributed by atoms with Gasteiger partial charge in [-0.05, 0) is 54.7 Å². The smallest absolute Gasteiger partial charge is 0.0833 e. The summed E-state index contributed by atoms with van der Waals surface area (Å²) >= 11 is 0. The summed E-state index contributed by atoms with van der Waals surface area (Å²) in [6.45, 7) is 6.23. The predicted octanol–water partition coefficient (Wildman–Crippen LogP) is 3.28. The van der Waals surface area contributed by atoms with Crippen molar-refractivity contribution in [1.82, 2.24) is 4.98 Å². The van der Waals surface area contributed by atoms with Gasteiger partial charge in [-0.15, -0.1) is 0 Å². The van der Waals surface area contributed by atoms with Gasteiger partial charge in [-0.2, -0.15) is 0 Å². The minimum absolute atomic E-state index is 0.464. The summed E-state index contributed by atoms with van der Waals surface area (Å²) < 4.78 is 0. The van der Waals surface area contributed by atoms with Crippen LogP contribution in [-0.4, -0.2) is 10.1 Å². The molecule has 18 heavy (non-hydrogen) atoms. The quantitative estimate of drug-likeness (QED) is 0.894. The topological polar surface area (TPSA) is 33.1 Å². The molecule has 2 rings (SSSR count). The van der Waals surface area contributed by atoms with E-state index in [1.165, 1.54) is 11.1 Å². The minimum atomic E-state index is -0.464. The third-order valence-corrected chi connectivity index (χ3v) is 3.39. The third-order valence-electron chi connectivity index (χ3n) is 3.39. The SMILES string of the molecule is Cc1cc(C)c(C(O)Cc2cccnc2)cc1C. The van der Waals surface area contributed by atoms with E-state index in [1.807, 2.05) is 19.1 Å². The largest absolute Gasteiger partial charge is 0.388 e. The van der Waals surface area contributed by atoms with Crippen LogP contribution in [0.5, 0.6) is 0 Å². The van der Waals surface area contributed by atoms with Crippen LogP contribution in [0.4, 0.5) is 0 Å². The van der Waals surface area contributed by atoms with Crippen molar-refractivity contribution in [3.8, 4) is 0 Å². The van der Waals surface area contributed by atoms with E-state index in [2.05, 4.69) is 31.0 Å². The number of rotatable bonds is 3. The van der Waals surface area contributed by atoms with Crippen LogP contribution in [0.3, 0.4) is 0 Å². The van der Waals surface area contributed by atoms with E-state index >= 15 is 0 Å². The monoisotopic (exact) mass is 241 g/mol. The van der Waals surface area contributed by atoms with Crippen LogP contribution >= 0.6 is 0 Å². The Hall–Kier alpha value is -1.67. The molecule has 1 aromatic carbocycles. The number of aryl methyl sites for hydroxylation is 3. The summed E-state index contributed by atoms with van der Waals surface area (Å²) in [5.41, 5.74) is 5.71. The van der Waals surface area contributed by atoms with E-state index in [4.69, 9.17) is 0 Å². The number of aliphatic hydroxyl groups is 1. The number of aliphatic hydroxyl groups excluding tert-OH is 1. The maximum Gasteiger partial charge on any atom is 0.0833 e. The minimum Gasteiger partial charge on any atom is -0.388 e. The Morgan fingerprint density at radius 2 is 1.83 bits per heavy atom. The van der Waals surface area contributed by atoms with Crippen molar-refractivity contribution in [2.24, 2.45) is 0 Å². The standard InChI is InChI=1S/C16H19NO/c1-11-7-13(3)15(8-12(11)2)16(18)9-14-5-4-6-17-10-14/h4-8,10,16,18H,9H2,1-3H3. The van der Waals surface area contributed by atoms with Gasteiger partial charge in [0, 0.05) is 18.8 Å². The van der Waals surface area contributed by atoms with Gasteiger partial charge in [0.2, 0.25) is 0 Å². The molecule has 1 N–H and O–H groups in total. The molecule has 0 aliphatic heterocycles. The van der Waals surface area contributed by atoms with E-state index in [9.17, 15) is 5.11 Å². The lowest BCUT2D eigenvalue weighted by Gasteiger charge is -2.16. The lowest BCUT2D eigenvalue weighted by Crippen LogP contribution is -2.05. The van der Waals surface area contributed by atoms with Crippen molar-refractivity contribution >= 4 is 0 Å². The average Bonchev–Trinajstić information content (AvgIpc) is 2.35. The molecule has 1 heterocycles. The van der Waals surface area contributed by atoms with E-state index in [1.54, 1.807) is 12.4 Å². The normalized spacial score (nSPS) is 12.4. The molecule has 1 atom stereocenters. The number of hydrogen-bond acceptors (Lipinski definition) is 2. The van der Waals surface area contributed by atoms with E-state index in [-0.39, 0.29) is 0 Å². The van der Waals surface area contributed by atoms with Gasteiger partial charge in [0.05, 0.1) is 6.10 Å². The second-order valence-electron chi connectivity index (χ2n) is 4.87. The zero-order chi connectivity index (χ0) is 13.1. The number of aromatic nitrogens is 1. The molecule has 0 amide bonds. The van der Waals surface area contributed by atoms with Gasteiger partial charge in [0.1, 0.15) is 0 Å². The molecule has 0 fully saturated rings. The van der Waals surface area contributed by atoms with Gasteiger partial charge in [0.15, 0.2) is 0 Å². The molecule has 0 radical (unpaired) electrons. The molecule has 0 aliphatic rings. The van der Waals surface area contributed by atoms with Crippen molar-refractivity contribution in [3.63, 3.8) is 0 Å². The fourth-order valence-corrected chi connectivity index (χ4v) is 2.19. The number of nitrogens with zero attached hydrogens (tertiary/aromatic N) is 1. The van der Waals surface area contributed by atoms with Crippen LogP contribution in [-0.2, 0) is 6.42 Å². The molecule has 1 aromatic heterocycles. The van der Waals surface area contributed by atoms with Crippen LogP contribution in [0.2, 0.25) is 0 Å². The Morgan fingerprint density at radius 1 is 1.11 bits per heavy atom. The van der Waals surface area contributed by atoms with Crippen LogP contribution in [0.25, 0.3) is 0 Å². The highest BCUT2D eigenvalue weighted by atomic mass is 16.3. The Bertz CT molecular complexity index is 534. The van der Waals surface area contributed by atoms with Crippen LogP contribution < -0.4 is 0 Å². The fraction of sp³-hybridized carbons (Fsp3) is 0.312. The lowest BCUT2D eigenvalue weighted by atomic mass is 9.94. The highest BCUT2D eigenvalue weighted by Gasteiger charge is 2.12. The van der Waals surface area contributed by atoms with Crippen molar-refractivity contribution in [1.29, 1.82) is 0 Å². The lowest BCUT2D eigenvalue weighted by molar-refractivity contribution is 0.177. The van der Waals surface area contributed by atoms with Crippen molar-refractivity contribution in [3.05, 3.63) is 64.5 Å². The maximum atomic E-state index is 10.3. The van der Waals surface area contributed by atoms with Gasteiger partial charge in [0.25, 0.3) is 0 Å². The first-order valence-electron chi connectivity index (χ1n) is 6.22. The Morgan fingerprint density at radius 3 is 2.50 bits per heavy atom. The molecule has 0 saturated carbocycles. The first-order chi connectivity index (χ1) is 8.58. The van der Waals surface area contributed by atoms with Crippen molar-refractivity contribution in [2.75, 3.05) is 0 Å². The molecule has 2 aromatic rings. The summed E-state index contributed by atoms with van der Waals surface area (Å²) in [4.78, 5) is 4.07. The van der Waals surface area contributed by atoms with Gasteiger partial charge in [-0.25, -0.2) is 0 Å². The first-order valence-corrected chi connectivity index (χ1v) is 6.22. The maximum absolute atomic E-state index is 10.3. The van der Waals surface area contributed by atoms with Crippen LogP contribution in [0, 0.1) is 20.8 Å². The number of pyridine rings is 1. The molecule has 0 saturated heterocycles. The second-order valence-corrected chi connectivity index (χ2v) is 4.87. The van der Waals surface area contributed by atoms with Crippen LogP contribution in [0.15, 0.2) is 36.7 Å². The van der Waals surface area contributed by atoms with Gasteiger partial charge in [-0.3, -0.25) is 4.98 Å². The summed E-state index contributed by atoms with van der Waals surface area (Å²) in [5, 5.41) is 10.3. The van der Waals surface area contributed by atoms with Crippen LogP contribution in [0.1, 0.15) is 33.9 Å². The average molecular weight is 241 g/mol. The second kappa shape index (κ2) is 5.32. The molecule has 94 valence electrons. The Balaban J connectivity index is 2.24. The number of hydrogen-bond donors (Lipinski definition) is 1. The summed E-state index contributed by atoms with van der Waals surface area (Å²) in [5.74, 6) is 0. The summed E-state index contributed by atoms with van der Waals surface area (Å²) in [6.07, 6.45) is 3.70. The summed E-state index contributed by atoms with van der Waals surface area (Å²) in [7, 11) is 0. The molecule has 1 unspecified atom stereocenters. The summed E-state index contributed by atoms with van der Waals surface area (Å²) in [6, 6.07) is 8.12. The van der Waals surface area contributed by atoms with Gasteiger partial charge >= 0.3 is 0 Å². The molecular weight excluding hydrogens is 222 g/mol. The van der Waals surface area contributed by atoms with E-state index < -0.39 is 6.10 Å². The van der Waals surface area contributed by atoms with Crippen molar-refractivity contribution < 1.29 is 5.11 Å². The molecule has 0 spiro atoms. The third kappa shape index (κ3) is 2.77.